The van der Waals surface area contributed by atoms with Gasteiger partial charge in [0.2, 0.25) is 0 Å². The van der Waals surface area contributed by atoms with Crippen molar-refractivity contribution >= 4 is 22.3 Å². The molecule has 0 unspecified atom stereocenters. The Morgan fingerprint density at radius 2 is 1.12 bits per heavy atom. The molecule has 0 spiro atoms. The molecule has 0 bridgehead atoms. The van der Waals surface area contributed by atoms with Crippen molar-refractivity contribution in [1.82, 2.24) is 0 Å². The van der Waals surface area contributed by atoms with Crippen molar-refractivity contribution in [3.63, 3.8) is 0 Å². The van der Waals surface area contributed by atoms with Crippen molar-refractivity contribution in [2.75, 3.05) is 0 Å². The first-order chi connectivity index (χ1) is 9.71. The Labute approximate surface area is 143 Å². The molecule has 11 heteroatoms. The third-order valence-electron chi connectivity index (χ3n) is 2.25. The third kappa shape index (κ3) is 23.0. The van der Waals surface area contributed by atoms with Gasteiger partial charge in [0, 0.05) is 0 Å². The predicted octanol–water partition coefficient (Wildman–Crippen LogP) is 0.906. The van der Waals surface area contributed by atoms with Crippen LogP contribution in [0.2, 0.25) is 0 Å². The number of nitrogens with two attached hydrogens (primary N) is 1. The fraction of sp³-hybridized carbons (Fsp3) is 0.846. The number of carboxylic acids is 2. The molecule has 0 aromatic heterocycles. The molecule has 24 heavy (non-hydrogen) atoms. The minimum atomic E-state index is -4.67. The summed E-state index contributed by atoms with van der Waals surface area (Å²) in [7, 11) is -4.67. The Hall–Kier alpha value is -1.27. The van der Waals surface area contributed by atoms with E-state index < -0.39 is 39.9 Å². The van der Waals surface area contributed by atoms with Crippen LogP contribution in [0.15, 0.2) is 0 Å². The first-order valence-corrected chi connectivity index (χ1v) is 7.70. The average Bonchev–Trinajstić information content (AvgIpc) is 2.22. The molecule has 0 saturated carbocycles. The van der Waals surface area contributed by atoms with Crippen LogP contribution in [0.25, 0.3) is 0 Å². The Morgan fingerprint density at radius 1 is 0.875 bits per heavy atom. The quantitative estimate of drug-likeness (QED) is 0.376. The average molecular weight is 377 g/mol. The Bertz CT molecular complexity index is 437. The van der Waals surface area contributed by atoms with Crippen LogP contribution in [0.5, 0.6) is 0 Å². The highest BCUT2D eigenvalue weighted by Gasteiger charge is 2.28. The third-order valence-corrected chi connectivity index (χ3v) is 2.25. The summed E-state index contributed by atoms with van der Waals surface area (Å²) in [6.07, 6.45) is -1.27. The van der Waals surface area contributed by atoms with E-state index in [0.29, 0.717) is 0 Å². The fourth-order valence-electron chi connectivity index (χ4n) is 0.741. The maximum atomic E-state index is 10.2. The zero-order valence-corrected chi connectivity index (χ0v) is 14.8. The van der Waals surface area contributed by atoms with Gasteiger partial charge in [0.1, 0.15) is 6.04 Å². The number of aliphatic hydroxyl groups is 1. The Balaban J connectivity index is -0.000000128. The lowest BCUT2D eigenvalue weighted by Crippen LogP contribution is -2.41. The SMILES string of the molecule is C.CC(C)(C)[C@H](N)C(=O)O.CC(C)(C)[C@H](O)C(=O)O.O=S(=O)(O)O. The van der Waals surface area contributed by atoms with Crippen LogP contribution in [-0.2, 0) is 20.0 Å². The van der Waals surface area contributed by atoms with E-state index in [1.165, 1.54) is 0 Å². The van der Waals surface area contributed by atoms with Crippen LogP contribution < -0.4 is 5.73 Å². The summed E-state index contributed by atoms with van der Waals surface area (Å²) in [6.45, 7) is 10.4. The maximum absolute atomic E-state index is 10.2. The number of aliphatic hydroxyl groups excluding tert-OH is 1. The Morgan fingerprint density at radius 3 is 1.12 bits per heavy atom. The number of hydrogen-bond acceptors (Lipinski definition) is 6. The number of carboxylic acid groups (broad SMARTS) is 2. The molecule has 0 aliphatic heterocycles. The molecule has 0 aliphatic rings. The van der Waals surface area contributed by atoms with Crippen molar-refractivity contribution in [3.8, 4) is 0 Å². The first kappa shape index (κ1) is 30.6. The van der Waals surface area contributed by atoms with E-state index in [1.54, 1.807) is 41.5 Å². The summed E-state index contributed by atoms with van der Waals surface area (Å²) in [5, 5.41) is 25.5. The molecule has 0 fully saturated rings. The number of aliphatic carboxylic acids is 2. The first-order valence-electron chi connectivity index (χ1n) is 6.30. The second-order valence-corrected chi connectivity index (χ2v) is 7.63. The van der Waals surface area contributed by atoms with E-state index in [4.69, 9.17) is 38.6 Å². The van der Waals surface area contributed by atoms with Crippen LogP contribution in [0.3, 0.4) is 0 Å². The monoisotopic (exact) mass is 377 g/mol. The molecule has 0 heterocycles. The highest BCUT2D eigenvalue weighted by molar-refractivity contribution is 7.79. The standard InChI is InChI=1S/C6H13NO2.C6H12O3.CH4.H2O4S/c2*1-6(2,3)4(7)5(8)9;;1-5(2,3)4/h4H,7H2,1-3H3,(H,8,9);4,7H,1-3H3,(H,8,9);1H4;(H2,1,2,3,4)/t2*4-;;/m11../s1. The van der Waals surface area contributed by atoms with Crippen molar-refractivity contribution < 1.29 is 42.4 Å². The lowest BCUT2D eigenvalue weighted by atomic mass is 9.88. The normalized spacial score (nSPS) is 13.8. The summed E-state index contributed by atoms with van der Waals surface area (Å²) in [4.78, 5) is 20.3. The Kier molecular flexibility index (Phi) is 14.4. The maximum Gasteiger partial charge on any atom is 0.394 e. The molecule has 7 N–H and O–H groups in total. The minimum absolute atomic E-state index is 0. The molecule has 0 aromatic carbocycles. The molecule has 0 aliphatic carbocycles. The van der Waals surface area contributed by atoms with Gasteiger partial charge in [-0.25, -0.2) is 4.79 Å². The van der Waals surface area contributed by atoms with Gasteiger partial charge < -0.3 is 21.1 Å². The highest BCUT2D eigenvalue weighted by atomic mass is 32.3. The predicted molar refractivity (Wildman–Crippen MR) is 89.1 cm³/mol. The van der Waals surface area contributed by atoms with Crippen molar-refractivity contribution in [1.29, 1.82) is 0 Å². The summed E-state index contributed by atoms with van der Waals surface area (Å²) < 4.78 is 31.6. The number of rotatable bonds is 2. The molecular formula is C13H31NO9S. The molecule has 0 radical (unpaired) electrons. The van der Waals surface area contributed by atoms with Gasteiger partial charge >= 0.3 is 22.3 Å². The molecular weight excluding hydrogens is 346 g/mol. The zero-order chi connectivity index (χ0) is 19.8. The van der Waals surface area contributed by atoms with Crippen molar-refractivity contribution in [3.05, 3.63) is 0 Å². The van der Waals surface area contributed by atoms with Gasteiger partial charge in [0.05, 0.1) is 0 Å². The van der Waals surface area contributed by atoms with Crippen molar-refractivity contribution in [2.45, 2.75) is 61.1 Å². The molecule has 2 atom stereocenters. The fourth-order valence-corrected chi connectivity index (χ4v) is 0.741. The van der Waals surface area contributed by atoms with E-state index in [-0.39, 0.29) is 12.8 Å². The summed E-state index contributed by atoms with van der Waals surface area (Å²) >= 11 is 0. The number of carbonyl (C=O) groups is 2. The topological polar surface area (TPSA) is 195 Å². The number of hydrogen-bond donors (Lipinski definition) is 6. The minimum Gasteiger partial charge on any atom is -0.480 e. The van der Waals surface area contributed by atoms with Crippen LogP contribution in [0, 0.1) is 10.8 Å². The molecule has 0 aromatic rings. The largest absolute Gasteiger partial charge is 0.480 e. The van der Waals surface area contributed by atoms with E-state index >= 15 is 0 Å². The van der Waals surface area contributed by atoms with Crippen LogP contribution >= 0.6 is 0 Å². The molecule has 10 nitrogen and oxygen atoms in total. The lowest BCUT2D eigenvalue weighted by Gasteiger charge is -2.22. The van der Waals surface area contributed by atoms with Gasteiger partial charge in [-0.3, -0.25) is 13.9 Å². The van der Waals surface area contributed by atoms with Gasteiger partial charge in [-0.05, 0) is 10.8 Å². The van der Waals surface area contributed by atoms with Gasteiger partial charge in [-0.15, -0.1) is 0 Å². The van der Waals surface area contributed by atoms with Crippen LogP contribution in [0.1, 0.15) is 49.0 Å². The molecule has 0 rings (SSSR count). The van der Waals surface area contributed by atoms with Crippen LogP contribution in [0.4, 0.5) is 0 Å². The van der Waals surface area contributed by atoms with Gasteiger partial charge in [0.25, 0.3) is 0 Å². The molecule has 0 amide bonds. The van der Waals surface area contributed by atoms with E-state index in [1.807, 2.05) is 0 Å². The second kappa shape index (κ2) is 11.3. The summed E-state index contributed by atoms with van der Waals surface area (Å²) in [5.41, 5.74) is 4.39. The summed E-state index contributed by atoms with van der Waals surface area (Å²) in [6, 6.07) is -0.766. The summed E-state index contributed by atoms with van der Waals surface area (Å²) in [5.74, 6) is -2.11. The second-order valence-electron chi connectivity index (χ2n) is 6.74. The van der Waals surface area contributed by atoms with E-state index in [2.05, 4.69) is 0 Å². The van der Waals surface area contributed by atoms with Crippen LogP contribution in [-0.4, -0.2) is 56.9 Å². The zero-order valence-electron chi connectivity index (χ0n) is 14.0. The van der Waals surface area contributed by atoms with Gasteiger partial charge in [-0.2, -0.15) is 8.42 Å². The smallest absolute Gasteiger partial charge is 0.394 e. The van der Waals surface area contributed by atoms with E-state index in [0.717, 1.165) is 0 Å². The van der Waals surface area contributed by atoms with E-state index in [9.17, 15) is 9.59 Å². The molecule has 0 saturated heterocycles. The molecule has 148 valence electrons. The van der Waals surface area contributed by atoms with Gasteiger partial charge in [-0.1, -0.05) is 49.0 Å². The van der Waals surface area contributed by atoms with Crippen molar-refractivity contribution in [2.24, 2.45) is 16.6 Å². The lowest BCUT2D eigenvalue weighted by molar-refractivity contribution is -0.152. The van der Waals surface area contributed by atoms with Gasteiger partial charge in [0.15, 0.2) is 6.10 Å². The highest BCUT2D eigenvalue weighted by Crippen LogP contribution is 2.18.